The highest BCUT2D eigenvalue weighted by Crippen LogP contribution is 2.34. The maximum Gasteiger partial charge on any atom is 0.265 e. The van der Waals surface area contributed by atoms with Gasteiger partial charge in [-0.1, -0.05) is 34.5 Å². The largest absolute Gasteiger partial charge is 0.482 e. The van der Waals surface area contributed by atoms with Crippen LogP contribution in [0.1, 0.15) is 23.7 Å². The Morgan fingerprint density at radius 2 is 2.03 bits per heavy atom. The first-order chi connectivity index (χ1) is 13.9. The second-order valence-electron chi connectivity index (χ2n) is 6.38. The normalized spacial score (nSPS) is 12.8. The zero-order valence-corrected chi connectivity index (χ0v) is 18.0. The first kappa shape index (κ1) is 21.1. The zero-order valence-electron chi connectivity index (χ0n) is 15.6. The third-order valence-electron chi connectivity index (χ3n) is 4.20. The lowest BCUT2D eigenvalue weighted by Gasteiger charge is -2.29. The fourth-order valence-electron chi connectivity index (χ4n) is 2.81. The molecule has 0 unspecified atom stereocenters. The Morgan fingerprint density at radius 3 is 2.76 bits per heavy atom. The number of nitrogens with zero attached hydrogens (tertiary/aromatic N) is 1. The van der Waals surface area contributed by atoms with Gasteiger partial charge in [0.15, 0.2) is 6.61 Å². The number of benzene rings is 2. The van der Waals surface area contributed by atoms with Crippen molar-refractivity contribution in [2.24, 2.45) is 0 Å². The molecule has 2 aromatic carbocycles. The molecule has 2 aromatic rings. The van der Waals surface area contributed by atoms with Crippen LogP contribution in [0.5, 0.6) is 5.75 Å². The van der Waals surface area contributed by atoms with Crippen LogP contribution < -0.4 is 20.3 Å². The van der Waals surface area contributed by atoms with Crippen molar-refractivity contribution in [1.29, 1.82) is 0 Å². The summed E-state index contributed by atoms with van der Waals surface area (Å²) in [5.74, 6) is -0.446. The van der Waals surface area contributed by atoms with E-state index in [9.17, 15) is 14.4 Å². The van der Waals surface area contributed by atoms with Crippen molar-refractivity contribution in [1.82, 2.24) is 5.32 Å². The minimum absolute atomic E-state index is 0.135. The number of carbonyl (C=O) groups excluding carboxylic acids is 3. The number of halogens is 2. The third-order valence-corrected chi connectivity index (χ3v) is 5.01. The molecule has 2 N–H and O–H groups in total. The first-order valence-electron chi connectivity index (χ1n) is 8.99. The molecular weight excluding hydrogens is 462 g/mol. The van der Waals surface area contributed by atoms with Crippen LogP contribution in [0, 0.1) is 0 Å². The van der Waals surface area contributed by atoms with Gasteiger partial charge in [0.1, 0.15) is 12.3 Å². The number of hydrogen-bond donors (Lipinski definition) is 2. The molecule has 0 spiro atoms. The number of ether oxygens (including phenoxy) is 1. The van der Waals surface area contributed by atoms with Gasteiger partial charge in [0, 0.05) is 16.7 Å². The number of fused-ring (bicyclic) bond motifs is 1. The van der Waals surface area contributed by atoms with E-state index in [1.807, 2.05) is 6.92 Å². The van der Waals surface area contributed by atoms with Gasteiger partial charge in [-0.3, -0.25) is 19.3 Å². The molecule has 0 bridgehead atoms. The van der Waals surface area contributed by atoms with E-state index in [1.54, 1.807) is 30.3 Å². The van der Waals surface area contributed by atoms with Crippen LogP contribution in [0.15, 0.2) is 40.9 Å². The minimum Gasteiger partial charge on any atom is -0.482 e. The highest BCUT2D eigenvalue weighted by molar-refractivity contribution is 9.10. The lowest BCUT2D eigenvalue weighted by Crippen LogP contribution is -2.43. The van der Waals surface area contributed by atoms with E-state index in [2.05, 4.69) is 26.6 Å². The Morgan fingerprint density at radius 1 is 1.24 bits per heavy atom. The van der Waals surface area contributed by atoms with Gasteiger partial charge in [0.05, 0.1) is 16.3 Å². The quantitative estimate of drug-likeness (QED) is 0.661. The molecule has 1 aliphatic heterocycles. The van der Waals surface area contributed by atoms with Gasteiger partial charge >= 0.3 is 0 Å². The van der Waals surface area contributed by atoms with Gasteiger partial charge in [-0.05, 0) is 42.8 Å². The smallest absolute Gasteiger partial charge is 0.265 e. The van der Waals surface area contributed by atoms with Crippen molar-refractivity contribution in [3.63, 3.8) is 0 Å². The SMILES string of the molecule is CCCNC(=O)c1ccc(NC(=O)CN2C(=O)COc3cc(Br)ccc32)cc1Cl. The number of rotatable bonds is 6. The number of carbonyl (C=O) groups is 3. The fraction of sp³-hybridized carbons (Fsp3) is 0.250. The third kappa shape index (κ3) is 5.07. The number of anilines is 2. The molecule has 3 rings (SSSR count). The molecule has 29 heavy (non-hydrogen) atoms. The van der Waals surface area contributed by atoms with E-state index in [4.69, 9.17) is 16.3 Å². The molecule has 1 aliphatic rings. The van der Waals surface area contributed by atoms with Gasteiger partial charge in [-0.25, -0.2) is 0 Å². The van der Waals surface area contributed by atoms with E-state index in [0.29, 0.717) is 29.2 Å². The zero-order chi connectivity index (χ0) is 21.0. The molecule has 0 saturated heterocycles. The lowest BCUT2D eigenvalue weighted by atomic mass is 10.2. The molecule has 0 aromatic heterocycles. The van der Waals surface area contributed by atoms with Crippen molar-refractivity contribution >= 4 is 56.6 Å². The van der Waals surface area contributed by atoms with E-state index in [1.165, 1.54) is 11.0 Å². The van der Waals surface area contributed by atoms with Crippen molar-refractivity contribution in [3.8, 4) is 5.75 Å². The lowest BCUT2D eigenvalue weighted by molar-refractivity contribution is -0.123. The molecule has 9 heteroatoms. The summed E-state index contributed by atoms with van der Waals surface area (Å²) in [6.45, 7) is 2.20. The van der Waals surface area contributed by atoms with Crippen LogP contribution in [0.25, 0.3) is 0 Å². The second-order valence-corrected chi connectivity index (χ2v) is 7.70. The van der Waals surface area contributed by atoms with Crippen LogP contribution in [0.2, 0.25) is 5.02 Å². The van der Waals surface area contributed by atoms with Gasteiger partial charge in [0.2, 0.25) is 5.91 Å². The maximum atomic E-state index is 12.5. The van der Waals surface area contributed by atoms with Crippen molar-refractivity contribution in [3.05, 3.63) is 51.5 Å². The average molecular weight is 481 g/mol. The molecule has 7 nitrogen and oxygen atoms in total. The number of nitrogens with one attached hydrogen (secondary N) is 2. The van der Waals surface area contributed by atoms with E-state index >= 15 is 0 Å². The van der Waals surface area contributed by atoms with Gasteiger partial charge in [-0.15, -0.1) is 0 Å². The second kappa shape index (κ2) is 9.28. The summed E-state index contributed by atoms with van der Waals surface area (Å²) in [6, 6.07) is 9.88. The molecule has 0 radical (unpaired) electrons. The molecular formula is C20H19BrClN3O4. The summed E-state index contributed by atoms with van der Waals surface area (Å²) in [4.78, 5) is 38.2. The van der Waals surface area contributed by atoms with Crippen LogP contribution in [-0.2, 0) is 9.59 Å². The monoisotopic (exact) mass is 479 g/mol. The Kier molecular flexibility index (Phi) is 6.76. The van der Waals surface area contributed by atoms with Gasteiger partial charge in [-0.2, -0.15) is 0 Å². The summed E-state index contributed by atoms with van der Waals surface area (Å²) < 4.78 is 6.23. The average Bonchev–Trinajstić information content (AvgIpc) is 2.68. The topological polar surface area (TPSA) is 87.7 Å². The molecule has 0 aliphatic carbocycles. The molecule has 0 atom stereocenters. The highest BCUT2D eigenvalue weighted by Gasteiger charge is 2.27. The predicted molar refractivity (Wildman–Crippen MR) is 115 cm³/mol. The highest BCUT2D eigenvalue weighted by atomic mass is 79.9. The molecule has 0 fully saturated rings. The van der Waals surface area contributed by atoms with Crippen LogP contribution in [0.3, 0.4) is 0 Å². The van der Waals surface area contributed by atoms with E-state index < -0.39 is 5.91 Å². The Hall–Kier alpha value is -2.58. The predicted octanol–water partition coefficient (Wildman–Crippen LogP) is 3.61. The maximum absolute atomic E-state index is 12.5. The number of hydrogen-bond acceptors (Lipinski definition) is 4. The molecule has 3 amide bonds. The van der Waals surface area contributed by atoms with Gasteiger partial charge in [0.25, 0.3) is 11.8 Å². The minimum atomic E-state index is -0.395. The van der Waals surface area contributed by atoms with Gasteiger partial charge < -0.3 is 15.4 Å². The molecule has 0 saturated carbocycles. The van der Waals surface area contributed by atoms with Crippen LogP contribution in [-0.4, -0.2) is 37.4 Å². The Bertz CT molecular complexity index is 967. The van der Waals surface area contributed by atoms with Crippen LogP contribution in [0.4, 0.5) is 11.4 Å². The van der Waals surface area contributed by atoms with Crippen LogP contribution >= 0.6 is 27.5 Å². The van der Waals surface area contributed by atoms with Crippen molar-refractivity contribution < 1.29 is 19.1 Å². The summed E-state index contributed by atoms with van der Waals surface area (Å²) in [5, 5.41) is 5.69. The van der Waals surface area contributed by atoms with Crippen molar-refractivity contribution in [2.75, 3.05) is 29.9 Å². The Labute approximate surface area is 181 Å². The Balaban J connectivity index is 1.69. The fourth-order valence-corrected chi connectivity index (χ4v) is 3.41. The summed E-state index contributed by atoms with van der Waals surface area (Å²) in [5.41, 5.74) is 1.30. The number of amides is 3. The van der Waals surface area contributed by atoms with E-state index in [0.717, 1.165) is 10.9 Å². The molecule has 1 heterocycles. The summed E-state index contributed by atoms with van der Waals surface area (Å²) in [7, 11) is 0. The van der Waals surface area contributed by atoms with Crippen molar-refractivity contribution in [2.45, 2.75) is 13.3 Å². The summed E-state index contributed by atoms with van der Waals surface area (Å²) >= 11 is 9.54. The van der Waals surface area contributed by atoms with E-state index in [-0.39, 0.29) is 30.0 Å². The standard InChI is InChI=1S/C20H19BrClN3O4/c1-2-7-23-20(28)14-5-4-13(9-15(14)22)24-18(26)10-25-16-6-3-12(21)8-17(16)29-11-19(25)27/h3-6,8-9H,2,7,10-11H2,1H3,(H,23,28)(H,24,26). The summed E-state index contributed by atoms with van der Waals surface area (Å²) in [6.07, 6.45) is 0.817. The molecule has 152 valence electrons. The first-order valence-corrected chi connectivity index (χ1v) is 10.2.